The zero-order chi connectivity index (χ0) is 14.0. The van der Waals surface area contributed by atoms with Gasteiger partial charge >= 0.3 is 6.09 Å². The summed E-state index contributed by atoms with van der Waals surface area (Å²) in [4.78, 5) is 13.0. The zero-order valence-corrected chi connectivity index (χ0v) is 10.6. The molecule has 1 saturated heterocycles. The van der Waals surface area contributed by atoms with Gasteiger partial charge in [-0.3, -0.25) is 4.90 Å². The highest BCUT2D eigenvalue weighted by atomic mass is 19.2. The van der Waals surface area contributed by atoms with E-state index in [4.69, 9.17) is 5.73 Å². The lowest BCUT2D eigenvalue weighted by Crippen LogP contribution is -2.52. The van der Waals surface area contributed by atoms with E-state index in [1.54, 1.807) is 0 Å². The molecule has 1 aromatic carbocycles. The molecular weight excluding hydrogens is 254 g/mol. The summed E-state index contributed by atoms with van der Waals surface area (Å²) >= 11 is 0. The third-order valence-electron chi connectivity index (χ3n) is 3.47. The smallest absolute Gasteiger partial charge is 0.410 e. The standard InChI is InChI=1S/C13H16F2N2O2/c1-19-13(18)17-6-2-3-9(12(17)16)8-4-5-10(14)11(15)7-8/h4-5,7,9,12H,2-3,6,16H2,1H3. The maximum Gasteiger partial charge on any atom is 0.410 e. The van der Waals surface area contributed by atoms with Gasteiger partial charge in [0.1, 0.15) is 0 Å². The van der Waals surface area contributed by atoms with Gasteiger partial charge in [-0.25, -0.2) is 13.6 Å². The van der Waals surface area contributed by atoms with Crippen molar-refractivity contribution in [3.63, 3.8) is 0 Å². The van der Waals surface area contributed by atoms with Gasteiger partial charge in [0.2, 0.25) is 0 Å². The summed E-state index contributed by atoms with van der Waals surface area (Å²) in [6, 6.07) is 3.72. The first-order chi connectivity index (χ1) is 9.04. The molecule has 0 spiro atoms. The van der Waals surface area contributed by atoms with Crippen molar-refractivity contribution in [1.82, 2.24) is 4.90 Å². The minimum atomic E-state index is -0.903. The van der Waals surface area contributed by atoms with E-state index < -0.39 is 23.9 Å². The summed E-state index contributed by atoms with van der Waals surface area (Å²) in [5.41, 5.74) is 6.63. The highest BCUT2D eigenvalue weighted by Crippen LogP contribution is 2.31. The molecule has 2 unspecified atom stereocenters. The van der Waals surface area contributed by atoms with Crippen molar-refractivity contribution in [2.24, 2.45) is 5.73 Å². The number of amides is 1. The van der Waals surface area contributed by atoms with E-state index in [1.807, 2.05) is 0 Å². The summed E-state index contributed by atoms with van der Waals surface area (Å²) < 4.78 is 30.9. The van der Waals surface area contributed by atoms with E-state index in [2.05, 4.69) is 4.74 Å². The average Bonchev–Trinajstić information content (AvgIpc) is 2.41. The van der Waals surface area contributed by atoms with Crippen molar-refractivity contribution >= 4 is 6.09 Å². The Labute approximate surface area is 110 Å². The molecule has 2 N–H and O–H groups in total. The number of benzene rings is 1. The first-order valence-corrected chi connectivity index (χ1v) is 6.09. The fourth-order valence-electron chi connectivity index (χ4n) is 2.46. The first-order valence-electron chi connectivity index (χ1n) is 6.09. The molecular formula is C13H16F2N2O2. The van der Waals surface area contributed by atoms with E-state index >= 15 is 0 Å². The molecule has 1 amide bonds. The zero-order valence-electron chi connectivity index (χ0n) is 10.6. The van der Waals surface area contributed by atoms with Gasteiger partial charge in [0.15, 0.2) is 11.6 Å². The summed E-state index contributed by atoms with van der Waals surface area (Å²) in [5.74, 6) is -2.01. The van der Waals surface area contributed by atoms with Gasteiger partial charge < -0.3 is 10.5 Å². The molecule has 1 aliphatic rings. The van der Waals surface area contributed by atoms with Crippen LogP contribution in [0, 0.1) is 11.6 Å². The Balaban J connectivity index is 2.23. The second-order valence-corrected chi connectivity index (χ2v) is 4.58. The lowest BCUT2D eigenvalue weighted by molar-refractivity contribution is 0.0830. The topological polar surface area (TPSA) is 55.6 Å². The van der Waals surface area contributed by atoms with E-state index in [1.165, 1.54) is 18.1 Å². The van der Waals surface area contributed by atoms with Crippen LogP contribution in [0.15, 0.2) is 18.2 Å². The molecule has 1 fully saturated rings. The van der Waals surface area contributed by atoms with Crippen LogP contribution in [0.25, 0.3) is 0 Å². The predicted molar refractivity (Wildman–Crippen MR) is 65.4 cm³/mol. The molecule has 0 saturated carbocycles. The molecule has 0 radical (unpaired) electrons. The van der Waals surface area contributed by atoms with Crippen LogP contribution in [0.3, 0.4) is 0 Å². The van der Waals surface area contributed by atoms with Crippen molar-refractivity contribution in [2.75, 3.05) is 13.7 Å². The van der Waals surface area contributed by atoms with Crippen molar-refractivity contribution in [1.29, 1.82) is 0 Å². The third-order valence-corrected chi connectivity index (χ3v) is 3.47. The minimum Gasteiger partial charge on any atom is -0.453 e. The van der Waals surface area contributed by atoms with E-state index in [0.717, 1.165) is 25.0 Å². The van der Waals surface area contributed by atoms with Crippen LogP contribution >= 0.6 is 0 Å². The molecule has 6 heteroatoms. The number of halogens is 2. The molecule has 4 nitrogen and oxygen atoms in total. The molecule has 2 atom stereocenters. The van der Waals surface area contributed by atoms with Gasteiger partial charge in [0, 0.05) is 12.5 Å². The number of ether oxygens (including phenoxy) is 1. The summed E-state index contributed by atoms with van der Waals surface area (Å²) in [6.45, 7) is 0.508. The van der Waals surface area contributed by atoms with Gasteiger partial charge in [-0.15, -0.1) is 0 Å². The second kappa shape index (κ2) is 5.52. The Morgan fingerprint density at radius 3 is 2.79 bits per heavy atom. The number of carbonyl (C=O) groups excluding carboxylic acids is 1. The van der Waals surface area contributed by atoms with E-state index in [0.29, 0.717) is 12.1 Å². The highest BCUT2D eigenvalue weighted by molar-refractivity contribution is 5.68. The SMILES string of the molecule is COC(=O)N1CCCC(c2ccc(F)c(F)c2)C1N. The van der Waals surface area contributed by atoms with Crippen molar-refractivity contribution in [3.8, 4) is 0 Å². The van der Waals surface area contributed by atoms with Crippen LogP contribution in [-0.2, 0) is 4.74 Å². The first kappa shape index (κ1) is 13.7. The number of piperidine rings is 1. The quantitative estimate of drug-likeness (QED) is 0.851. The Kier molecular flexibility index (Phi) is 3.99. The van der Waals surface area contributed by atoms with Crippen LogP contribution in [-0.4, -0.2) is 30.8 Å². The van der Waals surface area contributed by atoms with Crippen molar-refractivity contribution < 1.29 is 18.3 Å². The van der Waals surface area contributed by atoms with Gasteiger partial charge in [-0.2, -0.15) is 0 Å². The fraction of sp³-hybridized carbons (Fsp3) is 0.462. The van der Waals surface area contributed by atoms with Crippen molar-refractivity contribution in [2.45, 2.75) is 24.9 Å². The second-order valence-electron chi connectivity index (χ2n) is 4.58. The lowest BCUT2D eigenvalue weighted by Gasteiger charge is -2.38. The number of nitrogens with zero attached hydrogens (tertiary/aromatic N) is 1. The Morgan fingerprint density at radius 1 is 1.42 bits per heavy atom. The van der Waals surface area contributed by atoms with Crippen LogP contribution < -0.4 is 5.73 Å². The van der Waals surface area contributed by atoms with E-state index in [9.17, 15) is 13.6 Å². The Morgan fingerprint density at radius 2 is 2.16 bits per heavy atom. The number of hydrogen-bond donors (Lipinski definition) is 1. The highest BCUT2D eigenvalue weighted by Gasteiger charge is 2.33. The Bertz CT molecular complexity index is 482. The maximum atomic E-state index is 13.3. The number of methoxy groups -OCH3 is 1. The number of likely N-dealkylation sites (tertiary alicyclic amines) is 1. The number of rotatable bonds is 1. The molecule has 0 bridgehead atoms. The van der Waals surface area contributed by atoms with Gasteiger partial charge in [-0.1, -0.05) is 6.07 Å². The summed E-state index contributed by atoms with van der Waals surface area (Å²) in [7, 11) is 1.29. The van der Waals surface area contributed by atoms with Crippen molar-refractivity contribution in [3.05, 3.63) is 35.4 Å². The predicted octanol–water partition coefficient (Wildman–Crippen LogP) is 2.20. The maximum absolute atomic E-state index is 13.3. The molecule has 0 aliphatic carbocycles. The molecule has 1 aliphatic heterocycles. The largest absolute Gasteiger partial charge is 0.453 e. The number of nitrogens with two attached hydrogens (primary N) is 1. The molecule has 1 heterocycles. The average molecular weight is 270 g/mol. The molecule has 104 valence electrons. The number of carbonyl (C=O) groups is 1. The monoisotopic (exact) mass is 270 g/mol. The van der Waals surface area contributed by atoms with Crippen LogP contribution in [0.4, 0.5) is 13.6 Å². The lowest BCUT2D eigenvalue weighted by atomic mass is 9.88. The van der Waals surface area contributed by atoms with Gasteiger partial charge in [0.05, 0.1) is 13.3 Å². The molecule has 2 rings (SSSR count). The molecule has 19 heavy (non-hydrogen) atoms. The summed E-state index contributed by atoms with van der Waals surface area (Å²) in [5, 5.41) is 0. The van der Waals surface area contributed by atoms with Gasteiger partial charge in [0.25, 0.3) is 0 Å². The van der Waals surface area contributed by atoms with Gasteiger partial charge in [-0.05, 0) is 30.5 Å². The minimum absolute atomic E-state index is 0.219. The molecule has 1 aromatic rings. The van der Waals surface area contributed by atoms with Crippen LogP contribution in [0.5, 0.6) is 0 Å². The van der Waals surface area contributed by atoms with Crippen LogP contribution in [0.2, 0.25) is 0 Å². The molecule has 0 aromatic heterocycles. The normalized spacial score (nSPS) is 23.3. The third kappa shape index (κ3) is 2.68. The Hall–Kier alpha value is -1.69. The summed E-state index contributed by atoms with van der Waals surface area (Å²) in [6.07, 6.45) is 0.373. The fourth-order valence-corrected chi connectivity index (χ4v) is 2.46. The number of hydrogen-bond acceptors (Lipinski definition) is 3. The van der Waals surface area contributed by atoms with Crippen LogP contribution in [0.1, 0.15) is 24.3 Å². The van der Waals surface area contributed by atoms with E-state index in [-0.39, 0.29) is 5.92 Å².